The molecule has 1 rings (SSSR count). The highest BCUT2D eigenvalue weighted by Crippen LogP contribution is 2.24. The van der Waals surface area contributed by atoms with Crippen LogP contribution in [0.25, 0.3) is 0 Å². The molecule has 0 aliphatic rings. The molecule has 16 heavy (non-hydrogen) atoms. The zero-order valence-corrected chi connectivity index (χ0v) is 9.01. The van der Waals surface area contributed by atoms with Crippen LogP contribution in [0.2, 0.25) is 0 Å². The third kappa shape index (κ3) is 3.08. The fraction of sp³-hybridized carbons (Fsp3) is 0.333. The van der Waals surface area contributed by atoms with Gasteiger partial charge in [0, 0.05) is 6.42 Å². The molecule has 4 nitrogen and oxygen atoms in total. The number of carboxylic acids is 2. The van der Waals surface area contributed by atoms with Crippen molar-refractivity contribution in [3.8, 4) is 0 Å². The largest absolute Gasteiger partial charge is 0.481 e. The molecule has 0 amide bonds. The highest BCUT2D eigenvalue weighted by molar-refractivity contribution is 5.77. The van der Waals surface area contributed by atoms with Crippen molar-refractivity contribution >= 4 is 11.9 Å². The summed E-state index contributed by atoms with van der Waals surface area (Å²) in [5.41, 5.74) is 1.57. The number of rotatable bonds is 5. The molecule has 1 atom stereocenters. The minimum Gasteiger partial charge on any atom is -0.481 e. The molecule has 1 aromatic carbocycles. The molecule has 0 aliphatic carbocycles. The molecule has 0 bridgehead atoms. The predicted octanol–water partition coefficient (Wildman–Crippen LogP) is 2.03. The average molecular weight is 222 g/mol. The van der Waals surface area contributed by atoms with E-state index in [1.54, 1.807) is 12.1 Å². The van der Waals surface area contributed by atoms with E-state index in [2.05, 4.69) is 0 Å². The lowest BCUT2D eigenvalue weighted by molar-refractivity contribution is -0.140. The van der Waals surface area contributed by atoms with Crippen LogP contribution in [0.3, 0.4) is 0 Å². The van der Waals surface area contributed by atoms with Crippen molar-refractivity contribution in [2.45, 2.75) is 25.7 Å². The van der Waals surface area contributed by atoms with Gasteiger partial charge in [-0.2, -0.15) is 0 Å². The van der Waals surface area contributed by atoms with Crippen LogP contribution in [-0.2, 0) is 9.59 Å². The molecule has 0 radical (unpaired) electrons. The van der Waals surface area contributed by atoms with Crippen LogP contribution >= 0.6 is 0 Å². The van der Waals surface area contributed by atoms with Crippen molar-refractivity contribution in [3.63, 3.8) is 0 Å². The molecule has 0 heterocycles. The summed E-state index contributed by atoms with van der Waals surface area (Å²) in [6.45, 7) is 1.83. The first-order valence-electron chi connectivity index (χ1n) is 5.02. The first kappa shape index (κ1) is 12.2. The van der Waals surface area contributed by atoms with Crippen molar-refractivity contribution in [1.82, 2.24) is 0 Å². The van der Waals surface area contributed by atoms with Crippen molar-refractivity contribution in [2.75, 3.05) is 0 Å². The second-order valence-corrected chi connectivity index (χ2v) is 3.68. The van der Waals surface area contributed by atoms with E-state index in [-0.39, 0.29) is 12.8 Å². The molecule has 0 aliphatic heterocycles. The maximum Gasteiger partial charge on any atom is 0.310 e. The Morgan fingerprint density at radius 1 is 1.25 bits per heavy atom. The molecule has 0 aromatic heterocycles. The lowest BCUT2D eigenvalue weighted by Gasteiger charge is -2.13. The highest BCUT2D eigenvalue weighted by atomic mass is 16.4. The molecule has 2 N–H and O–H groups in total. The van der Waals surface area contributed by atoms with Gasteiger partial charge < -0.3 is 10.2 Å². The van der Waals surface area contributed by atoms with Crippen LogP contribution < -0.4 is 0 Å². The molecule has 0 spiro atoms. The van der Waals surface area contributed by atoms with Crippen molar-refractivity contribution in [1.29, 1.82) is 0 Å². The van der Waals surface area contributed by atoms with Gasteiger partial charge in [-0.05, 0) is 24.5 Å². The number of aliphatic carboxylic acids is 2. The smallest absolute Gasteiger partial charge is 0.310 e. The number of hydrogen-bond acceptors (Lipinski definition) is 2. The van der Waals surface area contributed by atoms with Crippen molar-refractivity contribution < 1.29 is 19.8 Å². The standard InChI is InChI=1S/C12H14O4/c1-8-4-2-3-5-9(8)10(12(15)16)6-7-11(13)14/h2-5,10H,6-7H2,1H3,(H,13,14)(H,15,16). The van der Waals surface area contributed by atoms with Gasteiger partial charge in [-0.3, -0.25) is 9.59 Å². The van der Waals surface area contributed by atoms with E-state index in [4.69, 9.17) is 10.2 Å². The van der Waals surface area contributed by atoms with E-state index in [0.29, 0.717) is 5.56 Å². The molecular formula is C12H14O4. The van der Waals surface area contributed by atoms with E-state index < -0.39 is 17.9 Å². The predicted molar refractivity (Wildman–Crippen MR) is 58.4 cm³/mol. The average Bonchev–Trinajstić information content (AvgIpc) is 2.20. The van der Waals surface area contributed by atoms with Gasteiger partial charge in [-0.25, -0.2) is 0 Å². The number of benzene rings is 1. The summed E-state index contributed by atoms with van der Waals surface area (Å²) in [5, 5.41) is 17.6. The maximum absolute atomic E-state index is 11.1. The first-order chi connectivity index (χ1) is 7.52. The van der Waals surface area contributed by atoms with Crippen LogP contribution in [0.4, 0.5) is 0 Å². The molecule has 1 unspecified atom stereocenters. The topological polar surface area (TPSA) is 74.6 Å². The fourth-order valence-corrected chi connectivity index (χ4v) is 1.66. The van der Waals surface area contributed by atoms with Crippen LogP contribution in [0, 0.1) is 6.92 Å². The van der Waals surface area contributed by atoms with Crippen LogP contribution in [0.5, 0.6) is 0 Å². The summed E-state index contributed by atoms with van der Waals surface area (Å²) in [6.07, 6.45) is -0.0131. The molecule has 1 aromatic rings. The van der Waals surface area contributed by atoms with Gasteiger partial charge in [0.1, 0.15) is 0 Å². The van der Waals surface area contributed by atoms with E-state index >= 15 is 0 Å². The van der Waals surface area contributed by atoms with E-state index in [1.807, 2.05) is 19.1 Å². The molecule has 86 valence electrons. The summed E-state index contributed by atoms with van der Waals surface area (Å²) in [5.74, 6) is -2.69. The SMILES string of the molecule is Cc1ccccc1C(CCC(=O)O)C(=O)O. The number of hydrogen-bond donors (Lipinski definition) is 2. The van der Waals surface area contributed by atoms with Gasteiger partial charge in [-0.15, -0.1) is 0 Å². The molecular weight excluding hydrogens is 208 g/mol. The van der Waals surface area contributed by atoms with Gasteiger partial charge in [0.15, 0.2) is 0 Å². The Balaban J connectivity index is 2.90. The Morgan fingerprint density at radius 3 is 2.38 bits per heavy atom. The maximum atomic E-state index is 11.1. The lowest BCUT2D eigenvalue weighted by atomic mass is 9.91. The zero-order chi connectivity index (χ0) is 12.1. The number of carbonyl (C=O) groups is 2. The van der Waals surface area contributed by atoms with Crippen LogP contribution in [-0.4, -0.2) is 22.2 Å². The third-order valence-corrected chi connectivity index (χ3v) is 2.51. The monoisotopic (exact) mass is 222 g/mol. The van der Waals surface area contributed by atoms with Gasteiger partial charge in [0.2, 0.25) is 0 Å². The third-order valence-electron chi connectivity index (χ3n) is 2.51. The first-order valence-corrected chi connectivity index (χ1v) is 5.02. The van der Waals surface area contributed by atoms with Gasteiger partial charge in [-0.1, -0.05) is 24.3 Å². The van der Waals surface area contributed by atoms with Gasteiger partial charge in [0.05, 0.1) is 5.92 Å². The van der Waals surface area contributed by atoms with Crippen LogP contribution in [0.1, 0.15) is 29.9 Å². The second-order valence-electron chi connectivity index (χ2n) is 3.68. The second kappa shape index (κ2) is 5.30. The Labute approximate surface area is 93.5 Å². The quantitative estimate of drug-likeness (QED) is 0.799. The Hall–Kier alpha value is -1.84. The van der Waals surface area contributed by atoms with E-state index in [0.717, 1.165) is 5.56 Å². The zero-order valence-electron chi connectivity index (χ0n) is 9.01. The summed E-state index contributed by atoms with van der Waals surface area (Å²) < 4.78 is 0. The van der Waals surface area contributed by atoms with Gasteiger partial charge >= 0.3 is 11.9 Å². The summed E-state index contributed by atoms with van der Waals surface area (Å²) in [4.78, 5) is 21.5. The summed E-state index contributed by atoms with van der Waals surface area (Å²) in [7, 11) is 0. The van der Waals surface area contributed by atoms with Crippen LogP contribution in [0.15, 0.2) is 24.3 Å². The lowest BCUT2D eigenvalue weighted by Crippen LogP contribution is -2.14. The summed E-state index contributed by atoms with van der Waals surface area (Å²) in [6, 6.07) is 7.15. The molecule has 4 heteroatoms. The number of carboxylic acid groups (broad SMARTS) is 2. The minimum atomic E-state index is -0.976. The fourth-order valence-electron chi connectivity index (χ4n) is 1.66. The Kier molecular flexibility index (Phi) is 4.05. The molecule has 0 saturated heterocycles. The minimum absolute atomic E-state index is 0.121. The van der Waals surface area contributed by atoms with E-state index in [1.165, 1.54) is 0 Å². The van der Waals surface area contributed by atoms with Crippen molar-refractivity contribution in [3.05, 3.63) is 35.4 Å². The normalized spacial score (nSPS) is 12.1. The van der Waals surface area contributed by atoms with E-state index in [9.17, 15) is 9.59 Å². The molecule has 0 fully saturated rings. The Morgan fingerprint density at radius 2 is 1.88 bits per heavy atom. The number of aryl methyl sites for hydroxylation is 1. The molecule has 0 saturated carbocycles. The van der Waals surface area contributed by atoms with Crippen molar-refractivity contribution in [2.24, 2.45) is 0 Å². The highest BCUT2D eigenvalue weighted by Gasteiger charge is 2.21. The van der Waals surface area contributed by atoms with Gasteiger partial charge in [0.25, 0.3) is 0 Å². The Bertz CT molecular complexity index is 398. The summed E-state index contributed by atoms with van der Waals surface area (Å²) >= 11 is 0.